The van der Waals surface area contributed by atoms with Gasteiger partial charge in [-0.05, 0) is 69.3 Å². The van der Waals surface area contributed by atoms with Crippen molar-refractivity contribution in [1.29, 1.82) is 0 Å². The highest BCUT2D eigenvalue weighted by Crippen LogP contribution is 2.34. The number of rotatable bonds is 4. The number of nitrogens with zero attached hydrogens (tertiary/aromatic N) is 1. The normalized spacial score (nSPS) is 27.6. The molecule has 0 aromatic heterocycles. The molecule has 4 rings (SSSR count). The van der Waals surface area contributed by atoms with E-state index in [1.165, 1.54) is 18.4 Å². The standard InChI is InChI=1S/C21H32N2O3/c24-20-3-1-2-17(14-20)16-23-9-4-18(5-10-23)22-19-6-11-26-21(15-19)7-12-25-13-8-21/h1-3,14,18-19,22,24H,4-13,15-16H2/t19-/m0/s1. The van der Waals surface area contributed by atoms with E-state index in [4.69, 9.17) is 9.47 Å². The lowest BCUT2D eigenvalue weighted by atomic mass is 9.83. The number of aromatic hydroxyl groups is 1. The fraction of sp³-hybridized carbons (Fsp3) is 0.714. The fourth-order valence-electron chi connectivity index (χ4n) is 4.77. The van der Waals surface area contributed by atoms with Crippen molar-refractivity contribution >= 4 is 0 Å². The third-order valence-electron chi connectivity index (χ3n) is 6.27. The molecule has 1 spiro atoms. The number of hydrogen-bond acceptors (Lipinski definition) is 5. The molecule has 1 atom stereocenters. The van der Waals surface area contributed by atoms with Crippen LogP contribution in [0.4, 0.5) is 0 Å². The Balaban J connectivity index is 1.23. The molecule has 0 aliphatic carbocycles. The van der Waals surface area contributed by atoms with E-state index in [0.29, 0.717) is 17.8 Å². The first-order chi connectivity index (χ1) is 12.7. The second-order valence-corrected chi connectivity index (χ2v) is 8.22. The Labute approximate surface area is 156 Å². The first kappa shape index (κ1) is 18.2. The maximum absolute atomic E-state index is 9.63. The fourth-order valence-corrected chi connectivity index (χ4v) is 4.77. The first-order valence-electron chi connectivity index (χ1n) is 10.2. The second-order valence-electron chi connectivity index (χ2n) is 8.22. The summed E-state index contributed by atoms with van der Waals surface area (Å²) in [6.45, 7) is 5.75. The predicted molar refractivity (Wildman–Crippen MR) is 101 cm³/mol. The zero-order valence-corrected chi connectivity index (χ0v) is 15.7. The van der Waals surface area contributed by atoms with Crippen molar-refractivity contribution < 1.29 is 14.6 Å². The number of likely N-dealkylation sites (tertiary alicyclic amines) is 1. The molecular weight excluding hydrogens is 328 g/mol. The molecule has 0 amide bonds. The van der Waals surface area contributed by atoms with Crippen LogP contribution in [0.5, 0.6) is 5.75 Å². The quantitative estimate of drug-likeness (QED) is 0.865. The van der Waals surface area contributed by atoms with E-state index in [1.807, 2.05) is 12.1 Å². The van der Waals surface area contributed by atoms with E-state index in [1.54, 1.807) is 6.07 Å². The van der Waals surface area contributed by atoms with Crippen molar-refractivity contribution in [3.05, 3.63) is 29.8 Å². The molecule has 3 aliphatic rings. The number of nitrogens with one attached hydrogen (secondary N) is 1. The number of piperidine rings is 1. The summed E-state index contributed by atoms with van der Waals surface area (Å²) in [5.74, 6) is 0.362. The molecule has 0 bridgehead atoms. The molecule has 0 saturated carbocycles. The van der Waals surface area contributed by atoms with Gasteiger partial charge in [-0.2, -0.15) is 0 Å². The van der Waals surface area contributed by atoms with Crippen molar-refractivity contribution in [2.45, 2.75) is 62.8 Å². The first-order valence-corrected chi connectivity index (χ1v) is 10.2. The van der Waals surface area contributed by atoms with Crippen molar-refractivity contribution in [3.8, 4) is 5.75 Å². The monoisotopic (exact) mass is 360 g/mol. The van der Waals surface area contributed by atoms with Crippen LogP contribution in [0.2, 0.25) is 0 Å². The summed E-state index contributed by atoms with van der Waals surface area (Å²) in [4.78, 5) is 2.50. The van der Waals surface area contributed by atoms with Crippen LogP contribution in [0, 0.1) is 0 Å². The molecule has 3 fully saturated rings. The van der Waals surface area contributed by atoms with Gasteiger partial charge < -0.3 is 19.9 Å². The summed E-state index contributed by atoms with van der Waals surface area (Å²) in [6.07, 6.45) is 6.77. The minimum atomic E-state index is 0.0736. The van der Waals surface area contributed by atoms with Gasteiger partial charge in [-0.1, -0.05) is 12.1 Å². The number of benzene rings is 1. The van der Waals surface area contributed by atoms with Crippen LogP contribution in [0.15, 0.2) is 24.3 Å². The van der Waals surface area contributed by atoms with Gasteiger partial charge in [0, 0.05) is 38.4 Å². The number of phenols is 1. The summed E-state index contributed by atoms with van der Waals surface area (Å²) in [5.41, 5.74) is 1.27. The molecule has 5 heteroatoms. The molecule has 2 N–H and O–H groups in total. The summed E-state index contributed by atoms with van der Waals surface area (Å²) in [6, 6.07) is 8.84. The maximum atomic E-state index is 9.63. The van der Waals surface area contributed by atoms with E-state index in [9.17, 15) is 5.11 Å². The van der Waals surface area contributed by atoms with E-state index < -0.39 is 0 Å². The van der Waals surface area contributed by atoms with Crippen LogP contribution in [0.1, 0.15) is 44.1 Å². The number of ether oxygens (including phenoxy) is 2. The van der Waals surface area contributed by atoms with Crippen LogP contribution < -0.4 is 5.32 Å². The van der Waals surface area contributed by atoms with E-state index >= 15 is 0 Å². The molecule has 0 radical (unpaired) electrons. The van der Waals surface area contributed by atoms with Gasteiger partial charge in [-0.25, -0.2) is 0 Å². The lowest BCUT2D eigenvalue weighted by Crippen LogP contribution is -2.53. The van der Waals surface area contributed by atoms with Gasteiger partial charge in [-0.3, -0.25) is 4.90 Å². The zero-order chi connectivity index (χ0) is 17.8. The highest BCUT2D eigenvalue weighted by molar-refractivity contribution is 5.27. The third-order valence-corrected chi connectivity index (χ3v) is 6.27. The molecule has 3 aliphatic heterocycles. The van der Waals surface area contributed by atoms with E-state index in [2.05, 4.69) is 16.3 Å². The van der Waals surface area contributed by atoms with Crippen LogP contribution in [-0.4, -0.2) is 60.6 Å². The van der Waals surface area contributed by atoms with Crippen LogP contribution >= 0.6 is 0 Å². The number of hydrogen-bond donors (Lipinski definition) is 2. The Bertz CT molecular complexity index is 575. The molecule has 3 saturated heterocycles. The molecule has 144 valence electrons. The largest absolute Gasteiger partial charge is 0.508 e. The van der Waals surface area contributed by atoms with Crippen molar-refractivity contribution in [2.24, 2.45) is 0 Å². The summed E-state index contributed by atoms with van der Waals surface area (Å²) < 4.78 is 11.7. The average molecular weight is 360 g/mol. The SMILES string of the molecule is Oc1cccc(CN2CCC(N[C@H]3CCOC4(CCOCC4)C3)CC2)c1. The molecular formula is C21H32N2O3. The van der Waals surface area contributed by atoms with Crippen molar-refractivity contribution in [1.82, 2.24) is 10.2 Å². The maximum Gasteiger partial charge on any atom is 0.115 e. The minimum Gasteiger partial charge on any atom is -0.508 e. The Morgan fingerprint density at radius 3 is 2.65 bits per heavy atom. The van der Waals surface area contributed by atoms with Crippen LogP contribution in [0.25, 0.3) is 0 Å². The molecule has 0 unspecified atom stereocenters. The van der Waals surface area contributed by atoms with E-state index in [0.717, 1.165) is 65.1 Å². The Morgan fingerprint density at radius 1 is 1.08 bits per heavy atom. The van der Waals surface area contributed by atoms with Crippen molar-refractivity contribution in [3.63, 3.8) is 0 Å². The van der Waals surface area contributed by atoms with E-state index in [-0.39, 0.29) is 5.60 Å². The second kappa shape index (κ2) is 8.26. The number of phenolic OH excluding ortho intramolecular Hbond substituents is 1. The highest BCUT2D eigenvalue weighted by Gasteiger charge is 2.39. The summed E-state index contributed by atoms with van der Waals surface area (Å²) >= 11 is 0. The minimum absolute atomic E-state index is 0.0736. The lowest BCUT2D eigenvalue weighted by Gasteiger charge is -2.45. The predicted octanol–water partition coefficient (Wildman–Crippen LogP) is 2.67. The zero-order valence-electron chi connectivity index (χ0n) is 15.7. The molecule has 26 heavy (non-hydrogen) atoms. The van der Waals surface area contributed by atoms with Gasteiger partial charge in [0.05, 0.1) is 5.60 Å². The Hall–Kier alpha value is -1.14. The molecule has 1 aromatic rings. The molecule has 5 nitrogen and oxygen atoms in total. The molecule has 1 aromatic carbocycles. The summed E-state index contributed by atoms with van der Waals surface area (Å²) in [5, 5.41) is 13.6. The van der Waals surface area contributed by atoms with Crippen LogP contribution in [-0.2, 0) is 16.0 Å². The summed E-state index contributed by atoms with van der Waals surface area (Å²) in [7, 11) is 0. The van der Waals surface area contributed by atoms with Gasteiger partial charge in [0.15, 0.2) is 0 Å². The highest BCUT2D eigenvalue weighted by atomic mass is 16.5. The Kier molecular flexibility index (Phi) is 5.79. The van der Waals surface area contributed by atoms with Gasteiger partial charge in [-0.15, -0.1) is 0 Å². The smallest absolute Gasteiger partial charge is 0.115 e. The van der Waals surface area contributed by atoms with Crippen molar-refractivity contribution in [2.75, 3.05) is 32.9 Å². The lowest BCUT2D eigenvalue weighted by molar-refractivity contribution is -0.141. The molecule has 3 heterocycles. The van der Waals surface area contributed by atoms with Gasteiger partial charge in [0.1, 0.15) is 5.75 Å². The van der Waals surface area contributed by atoms with Gasteiger partial charge in [0.25, 0.3) is 0 Å². The van der Waals surface area contributed by atoms with Gasteiger partial charge in [0.2, 0.25) is 0 Å². The average Bonchev–Trinajstić information content (AvgIpc) is 2.64. The van der Waals surface area contributed by atoms with Gasteiger partial charge >= 0.3 is 0 Å². The topological polar surface area (TPSA) is 54.0 Å². The van der Waals surface area contributed by atoms with Crippen LogP contribution in [0.3, 0.4) is 0 Å². The Morgan fingerprint density at radius 2 is 1.88 bits per heavy atom. The third kappa shape index (κ3) is 4.58.